The number of carbonyl (C=O) groups excluding carboxylic acids is 1. The minimum absolute atomic E-state index is 0.102. The van der Waals surface area contributed by atoms with Crippen LogP contribution in [0.4, 0.5) is 22.0 Å². The summed E-state index contributed by atoms with van der Waals surface area (Å²) in [5.41, 5.74) is 1.24. The lowest BCUT2D eigenvalue weighted by atomic mass is 9.83. The molecule has 2 fully saturated rings. The number of anilines is 3. The molecule has 5 aromatic heterocycles. The van der Waals surface area contributed by atoms with E-state index in [0.717, 1.165) is 27.7 Å². The average Bonchev–Trinajstić information content (AvgIpc) is 3.76. The van der Waals surface area contributed by atoms with E-state index in [1.165, 1.54) is 10.9 Å². The van der Waals surface area contributed by atoms with Crippen molar-refractivity contribution >= 4 is 45.0 Å². The molecule has 7 heterocycles. The van der Waals surface area contributed by atoms with Crippen molar-refractivity contribution in [3.05, 3.63) is 65.3 Å². The third kappa shape index (κ3) is 4.75. The Balaban J connectivity index is 1.06. The van der Waals surface area contributed by atoms with Gasteiger partial charge >= 0.3 is 0 Å². The van der Waals surface area contributed by atoms with Crippen molar-refractivity contribution in [1.82, 2.24) is 45.1 Å². The Morgan fingerprint density at radius 3 is 2.71 bits per heavy atom. The van der Waals surface area contributed by atoms with E-state index in [4.69, 9.17) is 9.97 Å². The van der Waals surface area contributed by atoms with Crippen LogP contribution in [0, 0.1) is 12.7 Å². The maximum absolute atomic E-state index is 14.0. The molecule has 0 radical (unpaired) electrons. The van der Waals surface area contributed by atoms with E-state index in [-0.39, 0.29) is 11.9 Å². The number of aromatic amines is 1. The van der Waals surface area contributed by atoms with Gasteiger partial charge in [-0.05, 0) is 49.8 Å². The Morgan fingerprint density at radius 1 is 1.14 bits per heavy atom. The molecule has 216 valence electrons. The molecule has 2 saturated heterocycles. The largest absolute Gasteiger partial charge is 0.341 e. The highest BCUT2D eigenvalue weighted by Gasteiger charge is 2.47. The number of halogens is 1. The van der Waals surface area contributed by atoms with E-state index in [1.807, 2.05) is 42.3 Å². The smallest absolute Gasteiger partial charge is 0.243 e. The lowest BCUT2D eigenvalue weighted by molar-refractivity contribution is -0.145. The molecule has 1 unspecified atom stereocenters. The summed E-state index contributed by atoms with van der Waals surface area (Å²) in [4.78, 5) is 33.1. The molecule has 1 spiro atoms. The molecule has 14 heteroatoms. The fourth-order valence-electron chi connectivity index (χ4n) is 5.79. The van der Waals surface area contributed by atoms with E-state index in [2.05, 4.69) is 35.8 Å². The van der Waals surface area contributed by atoms with Crippen LogP contribution in [-0.4, -0.2) is 77.5 Å². The maximum Gasteiger partial charge on any atom is 0.243 e. The number of hydrogen-bond acceptors (Lipinski definition) is 10. The van der Waals surface area contributed by atoms with Gasteiger partial charge in [-0.15, -0.1) is 11.3 Å². The van der Waals surface area contributed by atoms with Crippen LogP contribution < -0.4 is 15.5 Å². The van der Waals surface area contributed by atoms with Crippen molar-refractivity contribution in [2.45, 2.75) is 38.3 Å². The summed E-state index contributed by atoms with van der Waals surface area (Å²) < 4.78 is 14.8. The van der Waals surface area contributed by atoms with Gasteiger partial charge in [0.05, 0.1) is 23.8 Å². The molecule has 1 atom stereocenters. The molecule has 12 nitrogen and oxygen atoms in total. The van der Waals surface area contributed by atoms with Gasteiger partial charge < -0.3 is 20.4 Å². The number of aryl methyl sites for hydroxylation is 1. The number of nitrogens with zero attached hydrogens (tertiary/aromatic N) is 8. The third-order valence-corrected chi connectivity index (χ3v) is 8.96. The number of aromatic nitrogens is 7. The standard InChI is InChI=1S/C28H30FN11OS/c1-17-13-22(37-36-17)33-24-21-5-12-42-25(21)35-27(34-24)38-9-6-28(7-10-38)26(41)39(11-8-31-28)18(2)19-3-4-23(30-14-19)40-16-20(29)15-32-40/h3-5,12-16,18,31H,6-11H2,1-2H3,(H2,33,34,35,36,37). The first kappa shape index (κ1) is 26.5. The number of carbonyl (C=O) groups is 1. The molecular weight excluding hydrogens is 557 g/mol. The molecule has 0 aromatic carbocycles. The zero-order chi connectivity index (χ0) is 28.8. The molecule has 3 N–H and O–H groups in total. The first-order valence-corrected chi connectivity index (χ1v) is 14.8. The summed E-state index contributed by atoms with van der Waals surface area (Å²) in [6.45, 7) is 6.59. The van der Waals surface area contributed by atoms with Crippen molar-refractivity contribution in [3.8, 4) is 5.82 Å². The molecule has 7 rings (SSSR count). The summed E-state index contributed by atoms with van der Waals surface area (Å²) >= 11 is 1.57. The van der Waals surface area contributed by atoms with Crippen molar-refractivity contribution in [2.75, 3.05) is 36.4 Å². The predicted octanol–water partition coefficient (Wildman–Crippen LogP) is 3.72. The van der Waals surface area contributed by atoms with Crippen LogP contribution in [0.5, 0.6) is 0 Å². The normalized spacial score (nSPS) is 17.7. The summed E-state index contributed by atoms with van der Waals surface area (Å²) in [6.07, 6.45) is 5.45. The van der Waals surface area contributed by atoms with Gasteiger partial charge in [0.25, 0.3) is 0 Å². The number of fused-ring (bicyclic) bond motifs is 1. The molecule has 0 saturated carbocycles. The second kappa shape index (κ2) is 10.4. The van der Waals surface area contributed by atoms with Crippen LogP contribution in [0.1, 0.15) is 37.1 Å². The number of thiophene rings is 1. The fourth-order valence-corrected chi connectivity index (χ4v) is 6.55. The molecule has 5 aromatic rings. The van der Waals surface area contributed by atoms with Crippen molar-refractivity contribution < 1.29 is 9.18 Å². The summed E-state index contributed by atoms with van der Waals surface area (Å²) in [6, 6.07) is 7.50. The van der Waals surface area contributed by atoms with Gasteiger partial charge in [-0.25, -0.2) is 19.0 Å². The van der Waals surface area contributed by atoms with Crippen molar-refractivity contribution in [3.63, 3.8) is 0 Å². The summed E-state index contributed by atoms with van der Waals surface area (Å²) in [5, 5.41) is 21.1. The highest BCUT2D eigenvalue weighted by Crippen LogP contribution is 2.35. The van der Waals surface area contributed by atoms with Gasteiger partial charge in [-0.1, -0.05) is 6.07 Å². The zero-order valence-corrected chi connectivity index (χ0v) is 24.0. The number of amides is 1. The van der Waals surface area contributed by atoms with Crippen LogP contribution in [0.2, 0.25) is 0 Å². The van der Waals surface area contributed by atoms with Crippen LogP contribution in [-0.2, 0) is 4.79 Å². The minimum Gasteiger partial charge on any atom is -0.341 e. The van der Waals surface area contributed by atoms with Crippen molar-refractivity contribution in [2.24, 2.45) is 0 Å². The number of hydrogen-bond donors (Lipinski definition) is 3. The molecule has 2 aliphatic heterocycles. The average molecular weight is 588 g/mol. The van der Waals surface area contributed by atoms with Gasteiger partial charge in [0, 0.05) is 44.1 Å². The van der Waals surface area contributed by atoms with E-state index in [1.54, 1.807) is 23.6 Å². The van der Waals surface area contributed by atoms with Crippen LogP contribution in [0.25, 0.3) is 16.0 Å². The molecule has 2 aliphatic rings. The second-order valence-electron chi connectivity index (χ2n) is 10.8. The Labute approximate surface area is 245 Å². The molecule has 0 aliphatic carbocycles. The maximum atomic E-state index is 14.0. The topological polar surface area (TPSA) is 133 Å². The van der Waals surface area contributed by atoms with Gasteiger partial charge in [0.15, 0.2) is 17.5 Å². The second-order valence-corrected chi connectivity index (χ2v) is 11.7. The minimum atomic E-state index is -0.635. The van der Waals surface area contributed by atoms with E-state index in [9.17, 15) is 9.18 Å². The van der Waals surface area contributed by atoms with Crippen LogP contribution >= 0.6 is 11.3 Å². The first-order valence-electron chi connectivity index (χ1n) is 13.9. The number of piperazine rings is 1. The SMILES string of the molecule is Cc1cc(Nc2nc(N3CCC4(CC3)NCCN(C(C)c3ccc(-n5cc(F)cn5)nc3)C4=O)nc3sccc23)n[nH]1. The number of rotatable bonds is 6. The number of pyridine rings is 1. The third-order valence-electron chi connectivity index (χ3n) is 8.16. The molecule has 1 amide bonds. The molecule has 0 bridgehead atoms. The number of piperidine rings is 1. The molecule has 42 heavy (non-hydrogen) atoms. The van der Waals surface area contributed by atoms with Crippen LogP contribution in [0.3, 0.4) is 0 Å². The number of nitrogens with one attached hydrogen (secondary N) is 3. The molecular formula is C28H30FN11OS. The quantitative estimate of drug-likeness (QED) is 0.272. The lowest BCUT2D eigenvalue weighted by Crippen LogP contribution is -2.67. The Morgan fingerprint density at radius 2 is 2.00 bits per heavy atom. The summed E-state index contributed by atoms with van der Waals surface area (Å²) in [7, 11) is 0. The monoisotopic (exact) mass is 587 g/mol. The highest BCUT2D eigenvalue weighted by atomic mass is 32.1. The Hall–Kier alpha value is -4.43. The number of H-pyrrole nitrogens is 1. The first-order chi connectivity index (χ1) is 20.4. The van der Waals surface area contributed by atoms with Gasteiger partial charge in [-0.3, -0.25) is 9.89 Å². The van der Waals surface area contributed by atoms with E-state index < -0.39 is 11.4 Å². The van der Waals surface area contributed by atoms with Gasteiger partial charge in [0.2, 0.25) is 11.9 Å². The Bertz CT molecular complexity index is 1740. The fraction of sp³-hybridized carbons (Fsp3) is 0.357. The predicted molar refractivity (Wildman–Crippen MR) is 158 cm³/mol. The van der Waals surface area contributed by atoms with Crippen LogP contribution in [0.15, 0.2) is 48.2 Å². The zero-order valence-electron chi connectivity index (χ0n) is 23.2. The summed E-state index contributed by atoms with van der Waals surface area (Å²) in [5.74, 6) is 2.26. The van der Waals surface area contributed by atoms with Crippen molar-refractivity contribution in [1.29, 1.82) is 0 Å². The Kier molecular flexibility index (Phi) is 6.58. The van der Waals surface area contributed by atoms with E-state index >= 15 is 0 Å². The van der Waals surface area contributed by atoms with E-state index in [0.29, 0.717) is 62.4 Å². The lowest BCUT2D eigenvalue weighted by Gasteiger charge is -2.48. The van der Waals surface area contributed by atoms with Gasteiger partial charge in [-0.2, -0.15) is 15.2 Å². The van der Waals surface area contributed by atoms with Gasteiger partial charge in [0.1, 0.15) is 16.2 Å². The highest BCUT2D eigenvalue weighted by molar-refractivity contribution is 7.16.